The largest absolute Gasteiger partial charge is 0.497 e. The summed E-state index contributed by atoms with van der Waals surface area (Å²) in [6.07, 6.45) is 1.31. The van der Waals surface area contributed by atoms with Gasteiger partial charge >= 0.3 is 6.03 Å². The van der Waals surface area contributed by atoms with Crippen molar-refractivity contribution in [1.82, 2.24) is 20.0 Å². The van der Waals surface area contributed by atoms with Gasteiger partial charge in [0, 0.05) is 45.5 Å². The molecule has 2 unspecified atom stereocenters. The number of aryl methyl sites for hydroxylation is 1. The maximum atomic E-state index is 12.9. The van der Waals surface area contributed by atoms with Crippen molar-refractivity contribution in [1.29, 1.82) is 0 Å². The number of nitrogens with one attached hydrogen (secondary N) is 1. The molecule has 0 aliphatic carbocycles. The van der Waals surface area contributed by atoms with Crippen LogP contribution in [0.4, 0.5) is 10.5 Å². The Morgan fingerprint density at radius 2 is 1.66 bits per heavy atom. The molecule has 3 amide bonds. The molecule has 2 aromatic rings. The maximum Gasteiger partial charge on any atom is 0.325 e. The number of fused-ring (bicyclic) bond motifs is 1. The molecular formula is C26H32N6O3. The van der Waals surface area contributed by atoms with Gasteiger partial charge < -0.3 is 24.3 Å². The van der Waals surface area contributed by atoms with Crippen molar-refractivity contribution in [2.45, 2.75) is 25.0 Å². The smallest absolute Gasteiger partial charge is 0.325 e. The van der Waals surface area contributed by atoms with E-state index in [-0.39, 0.29) is 5.91 Å². The van der Waals surface area contributed by atoms with E-state index in [2.05, 4.69) is 44.3 Å². The van der Waals surface area contributed by atoms with Gasteiger partial charge in [-0.3, -0.25) is 10.1 Å². The lowest BCUT2D eigenvalue weighted by atomic mass is 10.1. The molecule has 3 aliphatic heterocycles. The van der Waals surface area contributed by atoms with E-state index in [9.17, 15) is 9.59 Å². The molecule has 2 aromatic carbocycles. The number of benzene rings is 2. The molecule has 3 aliphatic rings. The van der Waals surface area contributed by atoms with Crippen molar-refractivity contribution in [3.8, 4) is 5.75 Å². The Balaban J connectivity index is 1.30. The van der Waals surface area contributed by atoms with Gasteiger partial charge in [0.25, 0.3) is 5.91 Å². The number of urea groups is 1. The van der Waals surface area contributed by atoms with Crippen molar-refractivity contribution in [3.05, 3.63) is 60.2 Å². The average molecular weight is 477 g/mol. The molecular weight excluding hydrogens is 444 g/mol. The summed E-state index contributed by atoms with van der Waals surface area (Å²) in [6.45, 7) is 3.97. The molecule has 0 spiro atoms. The number of hydrogen-bond acceptors (Lipinski definition) is 7. The molecule has 0 saturated carbocycles. The van der Waals surface area contributed by atoms with Crippen LogP contribution in [0, 0.1) is 0 Å². The van der Waals surface area contributed by atoms with Crippen LogP contribution >= 0.6 is 0 Å². The lowest BCUT2D eigenvalue weighted by Crippen LogP contribution is -2.64. The van der Waals surface area contributed by atoms with Crippen LogP contribution in [-0.4, -0.2) is 91.7 Å². The molecule has 0 radical (unpaired) electrons. The third-order valence-corrected chi connectivity index (χ3v) is 7.05. The summed E-state index contributed by atoms with van der Waals surface area (Å²) in [5.74, 6) is 1.39. The molecule has 1 N–H and O–H groups in total. The second-order valence-electron chi connectivity index (χ2n) is 9.15. The molecule has 3 heterocycles. The minimum Gasteiger partial charge on any atom is -0.497 e. The van der Waals surface area contributed by atoms with Crippen molar-refractivity contribution < 1.29 is 14.3 Å². The second-order valence-corrected chi connectivity index (χ2v) is 9.15. The lowest BCUT2D eigenvalue weighted by molar-refractivity contribution is -0.127. The summed E-state index contributed by atoms with van der Waals surface area (Å²) in [5, 5.41) is 2.50. The van der Waals surface area contributed by atoms with Crippen LogP contribution in [0.25, 0.3) is 0 Å². The highest BCUT2D eigenvalue weighted by Crippen LogP contribution is 2.27. The Morgan fingerprint density at radius 3 is 2.34 bits per heavy atom. The number of imide groups is 1. The summed E-state index contributed by atoms with van der Waals surface area (Å²) < 4.78 is 5.28. The number of nitrogens with zero attached hydrogens (tertiary/aromatic N) is 5. The van der Waals surface area contributed by atoms with Crippen LogP contribution in [0.1, 0.15) is 12.0 Å². The molecule has 2 atom stereocenters. The third kappa shape index (κ3) is 4.62. The maximum absolute atomic E-state index is 12.9. The number of likely N-dealkylation sites (N-methyl/N-ethyl adjacent to an activating group) is 1. The van der Waals surface area contributed by atoms with E-state index in [0.29, 0.717) is 6.54 Å². The first kappa shape index (κ1) is 23.0. The lowest BCUT2D eigenvalue weighted by Gasteiger charge is -2.41. The highest BCUT2D eigenvalue weighted by atomic mass is 16.5. The van der Waals surface area contributed by atoms with Crippen molar-refractivity contribution in [3.63, 3.8) is 0 Å². The fourth-order valence-corrected chi connectivity index (χ4v) is 5.07. The Morgan fingerprint density at radius 1 is 0.971 bits per heavy atom. The van der Waals surface area contributed by atoms with E-state index < -0.39 is 18.2 Å². The van der Waals surface area contributed by atoms with E-state index >= 15 is 0 Å². The van der Waals surface area contributed by atoms with E-state index in [1.807, 2.05) is 30.3 Å². The number of anilines is 1. The zero-order chi connectivity index (χ0) is 24.4. The van der Waals surface area contributed by atoms with E-state index in [0.717, 1.165) is 56.4 Å². The molecule has 2 saturated heterocycles. The number of carbonyl (C=O) groups excluding carboxylic acids is 2. The Kier molecular flexibility index (Phi) is 6.48. The number of guanidine groups is 1. The summed E-state index contributed by atoms with van der Waals surface area (Å²) >= 11 is 0. The first-order valence-electron chi connectivity index (χ1n) is 12.1. The average Bonchev–Trinajstić information content (AvgIpc) is 3.28. The predicted octanol–water partition coefficient (Wildman–Crippen LogP) is 2.00. The van der Waals surface area contributed by atoms with Gasteiger partial charge in [-0.05, 0) is 42.7 Å². The second kappa shape index (κ2) is 9.85. The van der Waals surface area contributed by atoms with Crippen LogP contribution in [0.2, 0.25) is 0 Å². The van der Waals surface area contributed by atoms with Crippen LogP contribution < -0.4 is 15.0 Å². The minimum atomic E-state index is -0.498. The molecule has 5 rings (SSSR count). The Bertz CT molecular complexity index is 1080. The minimum absolute atomic E-state index is 0.270. The molecule has 184 valence electrons. The number of piperazine rings is 1. The Labute approximate surface area is 206 Å². The van der Waals surface area contributed by atoms with Gasteiger partial charge in [0.15, 0.2) is 18.2 Å². The van der Waals surface area contributed by atoms with Gasteiger partial charge in [-0.15, -0.1) is 0 Å². The number of ether oxygens (including phenoxy) is 1. The normalized spacial score (nSPS) is 22.2. The summed E-state index contributed by atoms with van der Waals surface area (Å²) in [5.41, 5.74) is 2.44. The van der Waals surface area contributed by atoms with Crippen molar-refractivity contribution in [2.24, 2.45) is 4.99 Å². The zero-order valence-electron chi connectivity index (χ0n) is 20.3. The van der Waals surface area contributed by atoms with E-state index in [1.54, 1.807) is 14.2 Å². The molecule has 0 bridgehead atoms. The first-order valence-corrected chi connectivity index (χ1v) is 12.1. The third-order valence-electron chi connectivity index (χ3n) is 7.05. The number of methoxy groups -OCH3 is 1. The fraction of sp³-hybridized carbons (Fsp3) is 0.423. The SMILES string of the molecule is COc1ccc(N2CCN(C3=NC4C(C(=O)NC(=O)N4C)N3CCCc3ccccc3)CC2)cc1. The topological polar surface area (TPSA) is 80.7 Å². The highest BCUT2D eigenvalue weighted by Gasteiger charge is 2.49. The number of amides is 3. The van der Waals surface area contributed by atoms with Crippen molar-refractivity contribution in [2.75, 3.05) is 51.8 Å². The Hall–Kier alpha value is -3.75. The number of carbonyl (C=O) groups is 2. The number of aliphatic imine (C=N–C) groups is 1. The summed E-state index contributed by atoms with van der Waals surface area (Å²) in [6, 6.07) is 17.6. The van der Waals surface area contributed by atoms with E-state index in [4.69, 9.17) is 9.73 Å². The molecule has 9 nitrogen and oxygen atoms in total. The summed E-state index contributed by atoms with van der Waals surface area (Å²) in [4.78, 5) is 38.3. The van der Waals surface area contributed by atoms with Gasteiger partial charge in [-0.25, -0.2) is 9.79 Å². The fourth-order valence-electron chi connectivity index (χ4n) is 5.07. The van der Waals surface area contributed by atoms with Crippen molar-refractivity contribution >= 4 is 23.6 Å². The quantitative estimate of drug-likeness (QED) is 0.687. The van der Waals surface area contributed by atoms with E-state index in [1.165, 1.54) is 10.5 Å². The van der Waals surface area contributed by atoms with Gasteiger partial charge in [-0.1, -0.05) is 30.3 Å². The molecule has 2 fully saturated rings. The molecule has 35 heavy (non-hydrogen) atoms. The number of rotatable bonds is 6. The van der Waals surface area contributed by atoms with Crippen LogP contribution in [-0.2, 0) is 11.2 Å². The van der Waals surface area contributed by atoms with Gasteiger partial charge in [0.1, 0.15) is 5.75 Å². The van der Waals surface area contributed by atoms with Crippen LogP contribution in [0.3, 0.4) is 0 Å². The van der Waals surface area contributed by atoms with Crippen LogP contribution in [0.5, 0.6) is 5.75 Å². The van der Waals surface area contributed by atoms with Crippen LogP contribution in [0.15, 0.2) is 59.6 Å². The molecule has 9 heteroatoms. The first-order chi connectivity index (χ1) is 17.0. The predicted molar refractivity (Wildman–Crippen MR) is 135 cm³/mol. The number of hydrogen-bond donors (Lipinski definition) is 1. The van der Waals surface area contributed by atoms with Gasteiger partial charge in [0.05, 0.1) is 7.11 Å². The highest BCUT2D eigenvalue weighted by molar-refractivity contribution is 6.03. The van der Waals surface area contributed by atoms with Gasteiger partial charge in [-0.2, -0.15) is 0 Å². The molecule has 0 aromatic heterocycles. The monoisotopic (exact) mass is 476 g/mol. The summed E-state index contributed by atoms with van der Waals surface area (Å²) in [7, 11) is 3.38. The van der Waals surface area contributed by atoms with Gasteiger partial charge in [0.2, 0.25) is 0 Å². The standard InChI is InChI=1S/C26H32N6O3/c1-29-23-22(24(33)28-26(29)34)32(14-6-9-19-7-4-3-5-8-19)25(27-23)31-17-15-30(16-18-31)20-10-12-21(35-2)13-11-20/h3-5,7-8,10-13,22-23H,6,9,14-18H2,1-2H3,(H,28,33,34). The zero-order valence-corrected chi connectivity index (χ0v) is 20.3.